The summed E-state index contributed by atoms with van der Waals surface area (Å²) in [6.45, 7) is 6.38. The van der Waals surface area contributed by atoms with E-state index in [-0.39, 0.29) is 12.7 Å². The molecule has 1 atom stereocenters. The summed E-state index contributed by atoms with van der Waals surface area (Å²) in [6, 6.07) is 3.72. The first-order chi connectivity index (χ1) is 9.63. The number of rotatable bonds is 5. The maximum atomic E-state index is 9.16. The quantitative estimate of drug-likeness (QED) is 0.813. The van der Waals surface area contributed by atoms with Crippen molar-refractivity contribution in [3.05, 3.63) is 26.6 Å². The van der Waals surface area contributed by atoms with Crippen molar-refractivity contribution in [2.75, 3.05) is 32.8 Å². The van der Waals surface area contributed by atoms with Crippen LogP contribution in [-0.2, 0) is 11.3 Å². The summed E-state index contributed by atoms with van der Waals surface area (Å²) < 4.78 is 13.3. The van der Waals surface area contributed by atoms with E-state index in [1.807, 2.05) is 12.1 Å². The van der Waals surface area contributed by atoms with Crippen LogP contribution in [-0.4, -0.2) is 49.0 Å². The van der Waals surface area contributed by atoms with E-state index in [1.54, 1.807) is 0 Å². The van der Waals surface area contributed by atoms with Gasteiger partial charge in [-0.05, 0) is 56.1 Å². The molecule has 1 N–H and O–H groups in total. The molecule has 0 spiro atoms. The van der Waals surface area contributed by atoms with Crippen molar-refractivity contribution in [3.8, 4) is 5.75 Å². The van der Waals surface area contributed by atoms with Gasteiger partial charge in [-0.1, -0.05) is 6.92 Å². The minimum Gasteiger partial charge on any atom is -0.488 e. The Kier molecular flexibility index (Phi) is 6.29. The Morgan fingerprint density at radius 2 is 2.10 bits per heavy atom. The van der Waals surface area contributed by atoms with Crippen LogP contribution in [0, 0.1) is 0 Å². The topological polar surface area (TPSA) is 41.9 Å². The molecule has 0 saturated carbocycles. The summed E-state index contributed by atoms with van der Waals surface area (Å²) in [6.07, 6.45) is 0.0972. The molecule has 0 radical (unpaired) electrons. The highest BCUT2D eigenvalue weighted by Gasteiger charge is 2.20. The van der Waals surface area contributed by atoms with Crippen molar-refractivity contribution in [2.24, 2.45) is 0 Å². The number of aliphatic hydroxyl groups is 1. The van der Waals surface area contributed by atoms with Gasteiger partial charge in [0, 0.05) is 13.1 Å². The predicted molar refractivity (Wildman–Crippen MR) is 85.1 cm³/mol. The Balaban J connectivity index is 1.97. The average molecular weight is 409 g/mol. The van der Waals surface area contributed by atoms with Gasteiger partial charge in [-0.2, -0.15) is 0 Å². The zero-order valence-corrected chi connectivity index (χ0v) is 14.6. The fourth-order valence-corrected chi connectivity index (χ4v) is 3.70. The SMILES string of the molecule is CCN1CCOC(COc2c(Br)cc(CO)cc2Br)C1. The van der Waals surface area contributed by atoms with E-state index in [9.17, 15) is 0 Å². The fourth-order valence-electron chi connectivity index (χ4n) is 2.19. The molecule has 1 saturated heterocycles. The van der Waals surface area contributed by atoms with Crippen LogP contribution in [0.15, 0.2) is 21.1 Å². The van der Waals surface area contributed by atoms with E-state index in [0.717, 1.165) is 46.5 Å². The van der Waals surface area contributed by atoms with Gasteiger partial charge in [-0.3, -0.25) is 4.90 Å². The van der Waals surface area contributed by atoms with Crippen molar-refractivity contribution in [3.63, 3.8) is 0 Å². The molecule has 0 amide bonds. The molecule has 1 aliphatic heterocycles. The molecule has 2 rings (SSSR count). The summed E-state index contributed by atoms with van der Waals surface area (Å²) in [5.41, 5.74) is 0.835. The van der Waals surface area contributed by atoms with Gasteiger partial charge in [0.2, 0.25) is 0 Å². The number of ether oxygens (including phenoxy) is 2. The van der Waals surface area contributed by atoms with Crippen molar-refractivity contribution < 1.29 is 14.6 Å². The Hall–Kier alpha value is -0.140. The van der Waals surface area contributed by atoms with Crippen molar-refractivity contribution >= 4 is 31.9 Å². The molecule has 0 bridgehead atoms. The zero-order valence-electron chi connectivity index (χ0n) is 11.4. The summed E-state index contributed by atoms with van der Waals surface area (Å²) in [5.74, 6) is 0.749. The van der Waals surface area contributed by atoms with Crippen LogP contribution >= 0.6 is 31.9 Å². The highest BCUT2D eigenvalue weighted by Crippen LogP contribution is 2.35. The molecule has 1 aromatic carbocycles. The lowest BCUT2D eigenvalue weighted by atomic mass is 10.2. The van der Waals surface area contributed by atoms with Gasteiger partial charge >= 0.3 is 0 Å². The summed E-state index contributed by atoms with van der Waals surface area (Å²) in [7, 11) is 0. The van der Waals surface area contributed by atoms with Crippen LogP contribution < -0.4 is 4.74 Å². The third kappa shape index (κ3) is 4.18. The lowest BCUT2D eigenvalue weighted by Gasteiger charge is -2.32. The van der Waals surface area contributed by atoms with Gasteiger partial charge in [0.1, 0.15) is 18.5 Å². The van der Waals surface area contributed by atoms with Crippen molar-refractivity contribution in [1.29, 1.82) is 0 Å². The second kappa shape index (κ2) is 7.75. The third-order valence-electron chi connectivity index (χ3n) is 3.32. The molecule has 1 heterocycles. The number of morpholine rings is 1. The standard InChI is InChI=1S/C14H19Br2NO3/c1-2-17-3-4-19-11(7-17)9-20-14-12(15)5-10(8-18)6-13(14)16/h5-6,11,18H,2-4,7-9H2,1H3. The fraction of sp³-hybridized carbons (Fsp3) is 0.571. The summed E-state index contributed by atoms with van der Waals surface area (Å²) in [4.78, 5) is 2.36. The van der Waals surface area contributed by atoms with Gasteiger partial charge in [-0.25, -0.2) is 0 Å². The molecule has 0 aliphatic carbocycles. The highest BCUT2D eigenvalue weighted by molar-refractivity contribution is 9.11. The molecular weight excluding hydrogens is 390 g/mol. The second-order valence-corrected chi connectivity index (χ2v) is 6.45. The van der Waals surface area contributed by atoms with Crippen LogP contribution in [0.25, 0.3) is 0 Å². The van der Waals surface area contributed by atoms with E-state index in [0.29, 0.717) is 6.61 Å². The molecular formula is C14H19Br2NO3. The Labute approximate surface area is 136 Å². The van der Waals surface area contributed by atoms with Gasteiger partial charge in [0.15, 0.2) is 0 Å². The van der Waals surface area contributed by atoms with E-state index in [4.69, 9.17) is 14.6 Å². The van der Waals surface area contributed by atoms with Crippen LogP contribution in [0.1, 0.15) is 12.5 Å². The number of hydrogen-bond acceptors (Lipinski definition) is 4. The van der Waals surface area contributed by atoms with Gasteiger partial charge < -0.3 is 14.6 Å². The Morgan fingerprint density at radius 3 is 2.70 bits per heavy atom. The second-order valence-electron chi connectivity index (χ2n) is 4.74. The van der Waals surface area contributed by atoms with Crippen LogP contribution in [0.2, 0.25) is 0 Å². The largest absolute Gasteiger partial charge is 0.488 e. The summed E-state index contributed by atoms with van der Waals surface area (Å²) >= 11 is 6.94. The van der Waals surface area contributed by atoms with Crippen LogP contribution in [0.3, 0.4) is 0 Å². The number of aliphatic hydroxyl groups excluding tert-OH is 1. The van der Waals surface area contributed by atoms with Crippen molar-refractivity contribution in [2.45, 2.75) is 19.6 Å². The molecule has 1 aromatic rings. The molecule has 1 unspecified atom stereocenters. The molecule has 112 valence electrons. The molecule has 20 heavy (non-hydrogen) atoms. The minimum absolute atomic E-state index is 0.00861. The zero-order chi connectivity index (χ0) is 14.5. The maximum absolute atomic E-state index is 9.16. The molecule has 1 aliphatic rings. The molecule has 1 fully saturated rings. The Morgan fingerprint density at radius 1 is 1.40 bits per heavy atom. The van der Waals surface area contributed by atoms with Crippen molar-refractivity contribution in [1.82, 2.24) is 4.90 Å². The first kappa shape index (κ1) is 16.2. The number of likely N-dealkylation sites (N-methyl/N-ethyl adjacent to an activating group) is 1. The number of halogens is 2. The molecule has 6 heteroatoms. The third-order valence-corrected chi connectivity index (χ3v) is 4.50. The average Bonchev–Trinajstić information content (AvgIpc) is 2.46. The number of nitrogens with zero attached hydrogens (tertiary/aromatic N) is 1. The normalized spacial score (nSPS) is 20.1. The lowest BCUT2D eigenvalue weighted by molar-refractivity contribution is -0.0466. The highest BCUT2D eigenvalue weighted by atomic mass is 79.9. The minimum atomic E-state index is 0.00861. The first-order valence-corrected chi connectivity index (χ1v) is 8.28. The smallest absolute Gasteiger partial charge is 0.147 e. The van der Waals surface area contributed by atoms with Gasteiger partial charge in [-0.15, -0.1) is 0 Å². The first-order valence-electron chi connectivity index (χ1n) is 6.69. The maximum Gasteiger partial charge on any atom is 0.147 e. The van der Waals surface area contributed by atoms with Gasteiger partial charge in [0.25, 0.3) is 0 Å². The van der Waals surface area contributed by atoms with Gasteiger partial charge in [0.05, 0.1) is 22.2 Å². The molecule has 0 aromatic heterocycles. The summed E-state index contributed by atoms with van der Waals surface area (Å²) in [5, 5.41) is 9.16. The molecule has 4 nitrogen and oxygen atoms in total. The monoisotopic (exact) mass is 407 g/mol. The van der Waals surface area contributed by atoms with E-state index >= 15 is 0 Å². The Bertz CT molecular complexity index is 433. The predicted octanol–water partition coefficient (Wildman–Crippen LogP) is 2.80. The number of benzene rings is 1. The van der Waals surface area contributed by atoms with E-state index in [2.05, 4.69) is 43.7 Å². The van der Waals surface area contributed by atoms with E-state index in [1.165, 1.54) is 0 Å². The van der Waals surface area contributed by atoms with E-state index < -0.39 is 0 Å². The number of hydrogen-bond donors (Lipinski definition) is 1. The van der Waals surface area contributed by atoms with Crippen LogP contribution in [0.4, 0.5) is 0 Å². The van der Waals surface area contributed by atoms with Crippen LogP contribution in [0.5, 0.6) is 5.75 Å². The lowest BCUT2D eigenvalue weighted by Crippen LogP contribution is -2.44.